The number of hydrogen-bond donors (Lipinski definition) is 2. The number of likely N-dealkylation sites (N-methyl/N-ethyl adjacent to an activating group) is 1. The molecule has 356 valence electrons. The lowest BCUT2D eigenvalue weighted by atomic mass is 9.95. The zero-order valence-corrected chi connectivity index (χ0v) is 43.9. The van der Waals surface area contributed by atoms with Gasteiger partial charge in [-0.15, -0.1) is 13.2 Å². The van der Waals surface area contributed by atoms with Crippen LogP contribution >= 0.6 is 0 Å². The maximum absolute atomic E-state index is 4.61. The molecule has 0 spiro atoms. The van der Waals surface area contributed by atoms with E-state index < -0.39 is 0 Å². The van der Waals surface area contributed by atoms with Crippen LogP contribution < -0.4 is 11.1 Å². The number of hydrogen-bond acceptors (Lipinski definition) is 3. The van der Waals surface area contributed by atoms with Crippen LogP contribution in [-0.4, -0.2) is 18.5 Å². The zero-order chi connectivity index (χ0) is 49.6. The summed E-state index contributed by atoms with van der Waals surface area (Å²) in [5, 5.41) is 3.44. The van der Waals surface area contributed by atoms with Crippen molar-refractivity contribution in [2.24, 2.45) is 11.7 Å². The van der Waals surface area contributed by atoms with Crippen LogP contribution in [0.1, 0.15) is 188 Å². The molecule has 0 amide bonds. The molecule has 0 bridgehead atoms. The normalized spacial score (nSPS) is 11.0. The van der Waals surface area contributed by atoms with Gasteiger partial charge in [0.25, 0.3) is 0 Å². The molecule has 0 fully saturated rings. The van der Waals surface area contributed by atoms with E-state index in [0.29, 0.717) is 23.8 Å². The molecular formula is C61H97N3. The van der Waals surface area contributed by atoms with Crippen LogP contribution in [0.2, 0.25) is 0 Å². The van der Waals surface area contributed by atoms with Gasteiger partial charge in [0.05, 0.1) is 6.04 Å². The van der Waals surface area contributed by atoms with Crippen molar-refractivity contribution in [1.29, 1.82) is 0 Å². The van der Waals surface area contributed by atoms with Crippen LogP contribution in [0.4, 0.5) is 5.69 Å². The molecule has 0 aromatic heterocycles. The Morgan fingerprint density at radius 3 is 1.41 bits per heavy atom. The molecule has 0 aliphatic rings. The molecule has 4 atom stereocenters. The van der Waals surface area contributed by atoms with Crippen molar-refractivity contribution in [3.8, 4) is 11.8 Å². The van der Waals surface area contributed by atoms with E-state index in [9.17, 15) is 0 Å². The van der Waals surface area contributed by atoms with Crippen molar-refractivity contribution in [2.75, 3.05) is 18.9 Å². The standard InChI is InChI=1S/C28H37N.C12H17N.C10H12.C3H8.C2H5N.3C2H6/c1-6-8-10-22(3)24(5)29-28-20-16-26(17-21-28)13-12-25-14-18-27(19-15-25)23(4)11-9-7-2;1-4-12(13(3)5-2)11-9-7-6-8-10-11;1-3-9(2)10-7-5-4-6-8-10;1-3-2;1-2-3;3*1-2/h14-23,29H,5-11H2,1-4H3;4,6-10,12H,1,5H2,2-3H3;3-9H,1H2,2H3;3H2,1-2H3;2H,1,3H2;3*1-2H3. The largest absolute Gasteiger partial charge is 0.405 e. The van der Waals surface area contributed by atoms with E-state index in [2.05, 4.69) is 214 Å². The maximum atomic E-state index is 4.61. The maximum Gasteiger partial charge on any atom is 0.0526 e. The van der Waals surface area contributed by atoms with E-state index in [1.54, 1.807) is 0 Å². The van der Waals surface area contributed by atoms with Crippen LogP contribution in [0, 0.1) is 17.8 Å². The third-order valence-corrected chi connectivity index (χ3v) is 9.61. The molecular weight excluding hydrogens is 775 g/mol. The lowest BCUT2D eigenvalue weighted by Gasteiger charge is -2.23. The Labute approximate surface area is 398 Å². The number of unbranched alkanes of at least 4 members (excludes halogenated alkanes) is 2. The number of anilines is 1. The summed E-state index contributed by atoms with van der Waals surface area (Å²) >= 11 is 0. The molecule has 4 aromatic carbocycles. The molecule has 0 aliphatic carbocycles. The molecule has 4 rings (SSSR count). The lowest BCUT2D eigenvalue weighted by Crippen LogP contribution is -2.22. The minimum absolute atomic E-state index is 0.339. The van der Waals surface area contributed by atoms with Gasteiger partial charge in [0.2, 0.25) is 0 Å². The third-order valence-electron chi connectivity index (χ3n) is 9.61. The van der Waals surface area contributed by atoms with Crippen LogP contribution in [0.15, 0.2) is 160 Å². The predicted molar refractivity (Wildman–Crippen MR) is 295 cm³/mol. The van der Waals surface area contributed by atoms with Gasteiger partial charge in [0.1, 0.15) is 0 Å². The molecule has 4 unspecified atom stereocenters. The second-order valence-corrected chi connectivity index (χ2v) is 14.7. The van der Waals surface area contributed by atoms with Gasteiger partial charge < -0.3 is 11.1 Å². The molecule has 4 aromatic rings. The fourth-order valence-electron chi connectivity index (χ4n) is 5.66. The van der Waals surface area contributed by atoms with E-state index in [1.807, 2.05) is 65.8 Å². The van der Waals surface area contributed by atoms with Gasteiger partial charge in [0, 0.05) is 22.5 Å². The first-order valence-electron chi connectivity index (χ1n) is 24.6. The van der Waals surface area contributed by atoms with Crippen molar-refractivity contribution in [2.45, 2.75) is 160 Å². The Morgan fingerprint density at radius 2 is 1.02 bits per heavy atom. The van der Waals surface area contributed by atoms with Crippen molar-refractivity contribution in [1.82, 2.24) is 4.90 Å². The molecule has 0 heterocycles. The number of benzene rings is 4. The highest BCUT2D eigenvalue weighted by Crippen LogP contribution is 2.23. The summed E-state index contributed by atoms with van der Waals surface area (Å²) in [4.78, 5) is 2.27. The summed E-state index contributed by atoms with van der Waals surface area (Å²) in [6, 6.07) is 38.2. The van der Waals surface area contributed by atoms with E-state index in [0.717, 1.165) is 29.1 Å². The Hall–Kier alpha value is -5.04. The predicted octanol–water partition coefficient (Wildman–Crippen LogP) is 18.6. The van der Waals surface area contributed by atoms with Crippen molar-refractivity contribution < 1.29 is 0 Å². The molecule has 0 radical (unpaired) electrons. The number of nitrogens with two attached hydrogens (primary N) is 1. The molecule has 0 aliphatic heterocycles. The summed E-state index contributed by atoms with van der Waals surface area (Å²) in [5.74, 6) is 8.14. The van der Waals surface area contributed by atoms with Gasteiger partial charge in [0.15, 0.2) is 0 Å². The average molecular weight is 872 g/mol. The van der Waals surface area contributed by atoms with E-state index in [1.165, 1.54) is 67.8 Å². The molecule has 3 N–H and O–H groups in total. The third kappa shape index (κ3) is 32.6. The summed E-state index contributed by atoms with van der Waals surface area (Å²) in [7, 11) is 2.11. The van der Waals surface area contributed by atoms with Crippen LogP contribution in [0.3, 0.4) is 0 Å². The topological polar surface area (TPSA) is 41.3 Å². The van der Waals surface area contributed by atoms with Crippen LogP contribution in [0.25, 0.3) is 0 Å². The van der Waals surface area contributed by atoms with E-state index >= 15 is 0 Å². The van der Waals surface area contributed by atoms with Gasteiger partial charge >= 0.3 is 0 Å². The smallest absolute Gasteiger partial charge is 0.0526 e. The minimum Gasteiger partial charge on any atom is -0.405 e. The van der Waals surface area contributed by atoms with Gasteiger partial charge in [-0.25, -0.2) is 0 Å². The number of nitrogens with zero attached hydrogens (tertiary/aromatic N) is 1. The van der Waals surface area contributed by atoms with Gasteiger partial charge in [-0.05, 0) is 103 Å². The second-order valence-electron chi connectivity index (χ2n) is 14.7. The lowest BCUT2D eigenvalue weighted by molar-refractivity contribution is 0.302. The van der Waals surface area contributed by atoms with Crippen LogP contribution in [0.5, 0.6) is 0 Å². The number of nitrogens with one attached hydrogen (secondary N) is 1. The molecule has 0 saturated carbocycles. The highest BCUT2D eigenvalue weighted by Gasteiger charge is 2.10. The highest BCUT2D eigenvalue weighted by atomic mass is 15.1. The SMILES string of the molecule is C=C(Nc1ccc(C#Cc2ccc(C(C)CCCC)cc2)cc1)C(C)CCCC.C=CC(C)c1ccccc1.C=CC(c1ccccc1)N(C)CC.C=CN.CC.CC.CC.CCC. The second kappa shape index (κ2) is 47.4. The Morgan fingerprint density at radius 1 is 0.609 bits per heavy atom. The highest BCUT2D eigenvalue weighted by molar-refractivity contribution is 5.53. The van der Waals surface area contributed by atoms with Gasteiger partial charge in [-0.1, -0.05) is 239 Å². The minimum atomic E-state index is 0.339. The van der Waals surface area contributed by atoms with Gasteiger partial charge in [-0.3, -0.25) is 4.90 Å². The monoisotopic (exact) mass is 872 g/mol. The van der Waals surface area contributed by atoms with Crippen molar-refractivity contribution >= 4 is 5.69 Å². The molecule has 3 nitrogen and oxygen atoms in total. The quantitative estimate of drug-likeness (QED) is 0.0871. The van der Waals surface area contributed by atoms with Crippen molar-refractivity contribution in [3.63, 3.8) is 0 Å². The molecule has 3 heteroatoms. The summed E-state index contributed by atoms with van der Waals surface area (Å²) in [5.41, 5.74) is 12.9. The molecule has 64 heavy (non-hydrogen) atoms. The van der Waals surface area contributed by atoms with E-state index in [-0.39, 0.29) is 0 Å². The number of allylic oxidation sites excluding steroid dienone is 2. The summed E-state index contributed by atoms with van der Waals surface area (Å²) in [6.07, 6.45) is 13.9. The fourth-order valence-corrected chi connectivity index (χ4v) is 5.66. The van der Waals surface area contributed by atoms with Crippen LogP contribution in [-0.2, 0) is 0 Å². The first-order valence-corrected chi connectivity index (χ1v) is 24.6. The zero-order valence-electron chi connectivity index (χ0n) is 43.9. The average Bonchev–Trinajstić information content (AvgIpc) is 3.35. The Bertz CT molecular complexity index is 1680. The first kappa shape index (κ1) is 65.6. The summed E-state index contributed by atoms with van der Waals surface area (Å²) in [6.45, 7) is 45.5. The Balaban J connectivity index is -0.000000423. The number of rotatable bonds is 16. The fraction of sp³-hybridized carbons (Fsp3) is 0.443. The summed E-state index contributed by atoms with van der Waals surface area (Å²) < 4.78 is 0. The van der Waals surface area contributed by atoms with E-state index in [4.69, 9.17) is 0 Å². The van der Waals surface area contributed by atoms with Crippen molar-refractivity contribution in [3.05, 3.63) is 187 Å². The Kier molecular flexibility index (Phi) is 48.6. The molecule has 0 saturated heterocycles. The first-order chi connectivity index (χ1) is 31.0. The van der Waals surface area contributed by atoms with Gasteiger partial charge in [-0.2, -0.15) is 0 Å².